The normalized spacial score (nSPS) is 11.2. The average molecular weight is 543 g/mol. The number of nitrogens with zero attached hydrogens (tertiary/aromatic N) is 2. The smallest absolute Gasteiger partial charge is 0.270 e. The molecule has 0 spiro atoms. The first kappa shape index (κ1) is 25.7. The van der Waals surface area contributed by atoms with E-state index in [-0.39, 0.29) is 16.4 Å². The van der Waals surface area contributed by atoms with Crippen molar-refractivity contribution in [2.45, 2.75) is 4.90 Å². The van der Waals surface area contributed by atoms with E-state index in [2.05, 4.69) is 9.71 Å². The molecule has 0 aliphatic rings. The Morgan fingerprint density at radius 3 is 2.44 bits per heavy atom. The predicted molar refractivity (Wildman–Crippen MR) is 151 cm³/mol. The van der Waals surface area contributed by atoms with Gasteiger partial charge < -0.3 is 9.55 Å². The largest absolute Gasteiger partial charge is 0.361 e. The van der Waals surface area contributed by atoms with E-state index in [4.69, 9.17) is 0 Å². The zero-order chi connectivity index (χ0) is 27.6. The molecule has 0 atom stereocenters. The summed E-state index contributed by atoms with van der Waals surface area (Å²) >= 11 is 0. The highest BCUT2D eigenvalue weighted by Crippen LogP contribution is 2.26. The molecule has 0 saturated heterocycles. The quantitative estimate of drug-likeness (QED) is 0.183. The lowest BCUT2D eigenvalue weighted by molar-refractivity contribution is -0.384. The van der Waals surface area contributed by atoms with E-state index in [0.717, 1.165) is 27.4 Å². The van der Waals surface area contributed by atoms with E-state index in [1.165, 1.54) is 24.3 Å². The molecule has 0 aliphatic carbocycles. The number of benzene rings is 4. The minimum absolute atomic E-state index is 0.127. The fourth-order valence-electron chi connectivity index (χ4n) is 4.20. The van der Waals surface area contributed by atoms with E-state index < -0.39 is 14.9 Å². The van der Waals surface area contributed by atoms with Gasteiger partial charge >= 0.3 is 0 Å². The number of aryl methyl sites for hydroxylation is 1. The minimum Gasteiger partial charge on any atom is -0.361 e. The number of hydrogen-bond acceptors (Lipinski definition) is 4. The summed E-state index contributed by atoms with van der Waals surface area (Å²) in [5.74, 6) is -0.333. The molecular weight excluding hydrogens is 519 g/mol. The molecule has 196 valence electrons. The van der Waals surface area contributed by atoms with E-state index in [1.54, 1.807) is 60.8 Å². The number of nitro benzene ring substituents is 1. The van der Waals surface area contributed by atoms with Crippen LogP contribution >= 0.6 is 0 Å². The summed E-state index contributed by atoms with van der Waals surface area (Å²) in [5, 5.41) is 12.2. The van der Waals surface area contributed by atoms with Crippen LogP contribution < -0.4 is 4.72 Å². The van der Waals surface area contributed by atoms with E-state index in [9.17, 15) is 22.9 Å². The van der Waals surface area contributed by atoms with Gasteiger partial charge in [-0.1, -0.05) is 24.3 Å². The van der Waals surface area contributed by atoms with Gasteiger partial charge in [0.2, 0.25) is 0 Å². The summed E-state index contributed by atoms with van der Waals surface area (Å²) in [6.07, 6.45) is 3.68. The van der Waals surface area contributed by atoms with Crippen molar-refractivity contribution in [3.05, 3.63) is 125 Å². The summed E-state index contributed by atoms with van der Waals surface area (Å²) in [6.45, 7) is 0. The third-order valence-electron chi connectivity index (χ3n) is 6.21. The Hall–Kier alpha value is -4.96. The zero-order valence-corrected chi connectivity index (χ0v) is 21.5. The second-order valence-corrected chi connectivity index (χ2v) is 10.5. The molecule has 2 heterocycles. The van der Waals surface area contributed by atoms with Gasteiger partial charge in [-0.05, 0) is 71.8 Å². The molecular formula is C29H23FN4O4S. The molecule has 6 aromatic rings. The summed E-state index contributed by atoms with van der Waals surface area (Å²) in [6, 6.07) is 26.4. The number of non-ortho nitro benzene ring substituents is 1. The molecule has 0 radical (unpaired) electrons. The number of aromatic amines is 1. The van der Waals surface area contributed by atoms with Gasteiger partial charge in [-0.15, -0.1) is 0 Å². The van der Waals surface area contributed by atoms with Crippen LogP contribution in [0.4, 0.5) is 15.8 Å². The first-order chi connectivity index (χ1) is 18.7. The Labute approximate surface area is 223 Å². The number of halogens is 1. The van der Waals surface area contributed by atoms with E-state index in [1.807, 2.05) is 36.0 Å². The Bertz CT molecular complexity index is 1910. The van der Waals surface area contributed by atoms with Gasteiger partial charge in [0.1, 0.15) is 5.82 Å². The lowest BCUT2D eigenvalue weighted by Gasteiger charge is -2.10. The number of sulfonamides is 1. The Morgan fingerprint density at radius 1 is 0.872 bits per heavy atom. The molecule has 10 heteroatoms. The number of rotatable bonds is 5. The predicted octanol–water partition coefficient (Wildman–Crippen LogP) is 6.86. The van der Waals surface area contributed by atoms with Gasteiger partial charge in [-0.3, -0.25) is 14.8 Å². The SMILES string of the molecule is Cn1ccc2cc(NS(=O)(=O)c3cccc(-c4ccc(F)cc4)c3)ccc21.O=[N+]([O-])c1ccc2[nH]ccc2c1. The Balaban J connectivity index is 0.000000214. The van der Waals surface area contributed by atoms with Crippen LogP contribution in [0.5, 0.6) is 0 Å². The lowest BCUT2D eigenvalue weighted by Crippen LogP contribution is -2.12. The second-order valence-electron chi connectivity index (χ2n) is 8.85. The van der Waals surface area contributed by atoms with Crippen LogP contribution in [0.3, 0.4) is 0 Å². The molecule has 4 aromatic carbocycles. The monoisotopic (exact) mass is 542 g/mol. The van der Waals surface area contributed by atoms with Gasteiger partial charge in [-0.2, -0.15) is 0 Å². The number of hydrogen-bond donors (Lipinski definition) is 2. The van der Waals surface area contributed by atoms with Crippen molar-refractivity contribution < 1.29 is 17.7 Å². The van der Waals surface area contributed by atoms with Crippen molar-refractivity contribution >= 4 is 43.2 Å². The topological polar surface area (TPSA) is 110 Å². The van der Waals surface area contributed by atoms with Crippen LogP contribution in [0.15, 0.2) is 114 Å². The van der Waals surface area contributed by atoms with Crippen LogP contribution in [0, 0.1) is 15.9 Å². The van der Waals surface area contributed by atoms with Crippen molar-refractivity contribution in [1.82, 2.24) is 9.55 Å². The number of anilines is 1. The number of aromatic nitrogens is 2. The number of fused-ring (bicyclic) bond motifs is 2. The fraction of sp³-hybridized carbons (Fsp3) is 0.0345. The van der Waals surface area contributed by atoms with Gasteiger partial charge in [0.25, 0.3) is 15.7 Å². The molecule has 6 rings (SSSR count). The maximum Gasteiger partial charge on any atom is 0.270 e. The summed E-state index contributed by atoms with van der Waals surface area (Å²) in [7, 11) is -1.81. The molecule has 0 aliphatic heterocycles. The van der Waals surface area contributed by atoms with Gasteiger partial charge in [0.05, 0.1) is 9.82 Å². The average Bonchev–Trinajstić information content (AvgIpc) is 3.55. The molecule has 39 heavy (non-hydrogen) atoms. The molecule has 0 amide bonds. The van der Waals surface area contributed by atoms with E-state index >= 15 is 0 Å². The molecule has 2 N–H and O–H groups in total. The van der Waals surface area contributed by atoms with E-state index in [0.29, 0.717) is 11.3 Å². The van der Waals surface area contributed by atoms with Crippen LogP contribution in [0.25, 0.3) is 32.9 Å². The van der Waals surface area contributed by atoms with Gasteiger partial charge in [0.15, 0.2) is 0 Å². The maximum atomic E-state index is 13.1. The minimum atomic E-state index is -3.74. The third-order valence-corrected chi connectivity index (χ3v) is 7.59. The number of nitrogens with one attached hydrogen (secondary N) is 2. The summed E-state index contributed by atoms with van der Waals surface area (Å²) in [4.78, 5) is 13.1. The second kappa shape index (κ2) is 10.4. The highest BCUT2D eigenvalue weighted by molar-refractivity contribution is 7.92. The van der Waals surface area contributed by atoms with Crippen LogP contribution in [-0.4, -0.2) is 22.9 Å². The molecule has 0 fully saturated rings. The molecule has 0 saturated carbocycles. The lowest BCUT2D eigenvalue weighted by atomic mass is 10.1. The van der Waals surface area contributed by atoms with Crippen molar-refractivity contribution in [2.24, 2.45) is 7.05 Å². The highest BCUT2D eigenvalue weighted by Gasteiger charge is 2.15. The van der Waals surface area contributed by atoms with Crippen molar-refractivity contribution in [3.63, 3.8) is 0 Å². The Kier molecular flexibility index (Phi) is 6.86. The standard InChI is InChI=1S/C21H17FN2O2S.C8H6N2O2/c1-24-12-11-17-13-19(9-10-21(17)24)23-27(25,26)20-4-2-3-16(14-20)15-5-7-18(22)8-6-15;11-10(12)7-1-2-8-6(5-7)3-4-9-8/h2-14,23H,1H3;1-5,9H. The van der Waals surface area contributed by atoms with Crippen molar-refractivity contribution in [1.29, 1.82) is 0 Å². The first-order valence-corrected chi connectivity index (χ1v) is 13.3. The summed E-state index contributed by atoms with van der Waals surface area (Å²) in [5.41, 5.74) is 4.02. The molecule has 2 aromatic heterocycles. The Morgan fingerprint density at radius 2 is 1.67 bits per heavy atom. The maximum absolute atomic E-state index is 13.1. The van der Waals surface area contributed by atoms with Crippen LogP contribution in [0.2, 0.25) is 0 Å². The van der Waals surface area contributed by atoms with Crippen LogP contribution in [0.1, 0.15) is 0 Å². The molecule has 0 unspecified atom stereocenters. The number of nitro groups is 1. The van der Waals surface area contributed by atoms with Gasteiger partial charge in [-0.25, -0.2) is 12.8 Å². The van der Waals surface area contributed by atoms with Crippen LogP contribution in [-0.2, 0) is 17.1 Å². The third kappa shape index (κ3) is 5.65. The van der Waals surface area contributed by atoms with Crippen molar-refractivity contribution in [3.8, 4) is 11.1 Å². The fourth-order valence-corrected chi connectivity index (χ4v) is 5.29. The summed E-state index contributed by atoms with van der Waals surface area (Å²) < 4.78 is 43.3. The van der Waals surface area contributed by atoms with Gasteiger partial charge in [0, 0.05) is 59.1 Å². The zero-order valence-electron chi connectivity index (χ0n) is 20.7. The van der Waals surface area contributed by atoms with Crippen molar-refractivity contribution in [2.75, 3.05) is 4.72 Å². The molecule has 8 nitrogen and oxygen atoms in total. The number of H-pyrrole nitrogens is 1. The highest BCUT2D eigenvalue weighted by atomic mass is 32.2. The first-order valence-electron chi connectivity index (χ1n) is 11.8. The molecule has 0 bridgehead atoms.